The van der Waals surface area contributed by atoms with Crippen LogP contribution < -0.4 is 5.32 Å². The average molecular weight is 258 g/mol. The molecule has 0 aliphatic heterocycles. The zero-order chi connectivity index (χ0) is 11.8. The summed E-state index contributed by atoms with van der Waals surface area (Å²) in [7, 11) is 0. The van der Waals surface area contributed by atoms with E-state index in [1.165, 1.54) is 6.42 Å². The van der Waals surface area contributed by atoms with Gasteiger partial charge in [-0.15, -0.1) is 0 Å². The Morgan fingerprint density at radius 2 is 2.06 bits per heavy atom. The molecule has 1 N–H and O–H groups in total. The SMILES string of the molecule is CC1(C)CC1CNCc1ccc(Cl)cc1Cl. The maximum Gasteiger partial charge on any atom is 0.0465 e. The maximum atomic E-state index is 6.09. The fourth-order valence-corrected chi connectivity index (χ4v) is 2.45. The first kappa shape index (κ1) is 12.2. The van der Waals surface area contributed by atoms with E-state index in [1.54, 1.807) is 6.07 Å². The molecule has 3 heteroatoms. The standard InChI is InChI=1S/C13H17Cl2N/c1-13(2)6-10(13)8-16-7-9-3-4-11(14)5-12(9)15/h3-5,10,16H,6-8H2,1-2H3. The Morgan fingerprint density at radius 1 is 1.38 bits per heavy atom. The molecule has 88 valence electrons. The summed E-state index contributed by atoms with van der Waals surface area (Å²) in [5.74, 6) is 0.818. The number of rotatable bonds is 4. The highest BCUT2D eigenvalue weighted by atomic mass is 35.5. The molecule has 0 aromatic heterocycles. The second-order valence-corrected chi connectivity index (χ2v) is 6.10. The summed E-state index contributed by atoms with van der Waals surface area (Å²) in [6, 6.07) is 5.66. The van der Waals surface area contributed by atoms with Gasteiger partial charge in [0.1, 0.15) is 0 Å². The van der Waals surface area contributed by atoms with Crippen LogP contribution in [0.2, 0.25) is 10.0 Å². The first-order valence-electron chi connectivity index (χ1n) is 5.64. The Labute approximate surface area is 107 Å². The van der Waals surface area contributed by atoms with Crippen molar-refractivity contribution in [2.45, 2.75) is 26.8 Å². The van der Waals surface area contributed by atoms with Crippen LogP contribution in [0.5, 0.6) is 0 Å². The third-order valence-electron chi connectivity index (χ3n) is 3.44. The fourth-order valence-electron chi connectivity index (χ4n) is 1.97. The first-order chi connectivity index (χ1) is 7.49. The molecule has 1 atom stereocenters. The second kappa shape index (κ2) is 4.56. The number of nitrogens with one attached hydrogen (secondary N) is 1. The summed E-state index contributed by atoms with van der Waals surface area (Å²) < 4.78 is 0. The predicted molar refractivity (Wildman–Crippen MR) is 70.1 cm³/mol. The van der Waals surface area contributed by atoms with Gasteiger partial charge in [0, 0.05) is 16.6 Å². The summed E-state index contributed by atoms with van der Waals surface area (Å²) in [5.41, 5.74) is 1.65. The third kappa shape index (κ3) is 2.91. The van der Waals surface area contributed by atoms with E-state index in [0.29, 0.717) is 10.4 Å². The summed E-state index contributed by atoms with van der Waals surface area (Å²) in [4.78, 5) is 0. The fraction of sp³-hybridized carbons (Fsp3) is 0.538. The number of hydrogen-bond donors (Lipinski definition) is 1. The molecule has 0 spiro atoms. The minimum atomic E-state index is 0.538. The van der Waals surface area contributed by atoms with E-state index >= 15 is 0 Å². The molecule has 0 amide bonds. The van der Waals surface area contributed by atoms with Crippen LogP contribution in [0, 0.1) is 11.3 Å². The Morgan fingerprint density at radius 3 is 2.62 bits per heavy atom. The molecule has 1 fully saturated rings. The molecule has 0 saturated heterocycles. The van der Waals surface area contributed by atoms with Crippen molar-refractivity contribution in [1.29, 1.82) is 0 Å². The van der Waals surface area contributed by atoms with Crippen LogP contribution in [-0.2, 0) is 6.54 Å². The Balaban J connectivity index is 1.81. The molecular formula is C13H17Cl2N. The molecule has 1 aromatic rings. The zero-order valence-electron chi connectivity index (χ0n) is 9.69. The molecule has 0 heterocycles. The van der Waals surface area contributed by atoms with Gasteiger partial charge in [-0.2, -0.15) is 0 Å². The summed E-state index contributed by atoms with van der Waals surface area (Å²) in [6.45, 7) is 6.53. The molecule has 1 aliphatic carbocycles. The van der Waals surface area contributed by atoms with Crippen molar-refractivity contribution in [2.75, 3.05) is 6.54 Å². The van der Waals surface area contributed by atoms with Gasteiger partial charge in [-0.1, -0.05) is 43.1 Å². The van der Waals surface area contributed by atoms with E-state index in [9.17, 15) is 0 Å². The van der Waals surface area contributed by atoms with Crippen molar-refractivity contribution < 1.29 is 0 Å². The lowest BCUT2D eigenvalue weighted by Crippen LogP contribution is -2.18. The summed E-state index contributed by atoms with van der Waals surface area (Å²) >= 11 is 11.9. The number of benzene rings is 1. The van der Waals surface area contributed by atoms with Crippen molar-refractivity contribution in [3.8, 4) is 0 Å². The van der Waals surface area contributed by atoms with E-state index in [2.05, 4.69) is 19.2 Å². The predicted octanol–water partition coefficient (Wildman–Crippen LogP) is 4.13. The van der Waals surface area contributed by atoms with Gasteiger partial charge >= 0.3 is 0 Å². The van der Waals surface area contributed by atoms with Gasteiger partial charge in [-0.25, -0.2) is 0 Å². The van der Waals surface area contributed by atoms with E-state index in [-0.39, 0.29) is 0 Å². The van der Waals surface area contributed by atoms with Crippen LogP contribution in [0.25, 0.3) is 0 Å². The zero-order valence-corrected chi connectivity index (χ0v) is 11.2. The van der Waals surface area contributed by atoms with Gasteiger partial charge in [0.15, 0.2) is 0 Å². The van der Waals surface area contributed by atoms with E-state index in [0.717, 1.165) is 29.6 Å². The van der Waals surface area contributed by atoms with Crippen LogP contribution in [0.1, 0.15) is 25.8 Å². The summed E-state index contributed by atoms with van der Waals surface area (Å²) in [5, 5.41) is 4.89. The molecule has 16 heavy (non-hydrogen) atoms. The summed E-state index contributed by atoms with van der Waals surface area (Å²) in [6.07, 6.45) is 1.33. The van der Waals surface area contributed by atoms with E-state index < -0.39 is 0 Å². The average Bonchev–Trinajstić information content (AvgIpc) is 2.78. The van der Waals surface area contributed by atoms with Crippen molar-refractivity contribution in [1.82, 2.24) is 5.32 Å². The first-order valence-corrected chi connectivity index (χ1v) is 6.39. The molecule has 1 nitrogen and oxygen atoms in total. The smallest absolute Gasteiger partial charge is 0.0465 e. The lowest BCUT2D eigenvalue weighted by Gasteiger charge is -2.08. The normalized spacial score (nSPS) is 22.1. The molecule has 1 saturated carbocycles. The molecule has 1 aliphatic rings. The Kier molecular flexibility index (Phi) is 3.48. The topological polar surface area (TPSA) is 12.0 Å². The number of hydrogen-bond acceptors (Lipinski definition) is 1. The maximum absolute atomic E-state index is 6.09. The van der Waals surface area contributed by atoms with Crippen LogP contribution in [-0.4, -0.2) is 6.54 Å². The van der Waals surface area contributed by atoms with Gasteiger partial charge in [-0.05, 0) is 42.0 Å². The molecular weight excluding hydrogens is 241 g/mol. The Hall–Kier alpha value is -0.240. The Bertz CT molecular complexity index is 388. The lowest BCUT2D eigenvalue weighted by atomic mass is 10.1. The highest BCUT2D eigenvalue weighted by Gasteiger charge is 2.44. The van der Waals surface area contributed by atoms with Crippen molar-refractivity contribution >= 4 is 23.2 Å². The van der Waals surface area contributed by atoms with Gasteiger partial charge in [0.2, 0.25) is 0 Å². The molecule has 1 unspecified atom stereocenters. The quantitative estimate of drug-likeness (QED) is 0.856. The van der Waals surface area contributed by atoms with Crippen LogP contribution in [0.3, 0.4) is 0 Å². The van der Waals surface area contributed by atoms with Crippen LogP contribution in [0.4, 0.5) is 0 Å². The molecule has 0 radical (unpaired) electrons. The minimum Gasteiger partial charge on any atom is -0.312 e. The molecule has 1 aromatic carbocycles. The third-order valence-corrected chi connectivity index (χ3v) is 4.03. The largest absolute Gasteiger partial charge is 0.312 e. The lowest BCUT2D eigenvalue weighted by molar-refractivity contribution is 0.519. The van der Waals surface area contributed by atoms with E-state index in [1.807, 2.05) is 12.1 Å². The molecule has 0 bridgehead atoms. The van der Waals surface area contributed by atoms with Crippen molar-refractivity contribution in [2.24, 2.45) is 11.3 Å². The highest BCUT2D eigenvalue weighted by molar-refractivity contribution is 6.35. The van der Waals surface area contributed by atoms with Gasteiger partial charge in [0.05, 0.1) is 0 Å². The van der Waals surface area contributed by atoms with Gasteiger partial charge in [0.25, 0.3) is 0 Å². The van der Waals surface area contributed by atoms with Gasteiger partial charge in [-0.3, -0.25) is 0 Å². The van der Waals surface area contributed by atoms with Gasteiger partial charge < -0.3 is 5.32 Å². The van der Waals surface area contributed by atoms with Crippen molar-refractivity contribution in [3.05, 3.63) is 33.8 Å². The second-order valence-electron chi connectivity index (χ2n) is 5.26. The van der Waals surface area contributed by atoms with Crippen LogP contribution in [0.15, 0.2) is 18.2 Å². The number of halogens is 2. The van der Waals surface area contributed by atoms with Crippen molar-refractivity contribution in [3.63, 3.8) is 0 Å². The highest BCUT2D eigenvalue weighted by Crippen LogP contribution is 2.50. The monoisotopic (exact) mass is 257 g/mol. The minimum absolute atomic E-state index is 0.538. The van der Waals surface area contributed by atoms with E-state index in [4.69, 9.17) is 23.2 Å². The molecule has 2 rings (SSSR count). The van der Waals surface area contributed by atoms with Crippen LogP contribution >= 0.6 is 23.2 Å².